The predicted molar refractivity (Wildman–Crippen MR) is 94.4 cm³/mol. The van der Waals surface area contributed by atoms with Gasteiger partial charge in [-0.2, -0.15) is 0 Å². The fraction of sp³-hybridized carbons (Fsp3) is 0.500. The first-order valence-electron chi connectivity index (χ1n) is 7.46. The maximum Gasteiger partial charge on any atom is 0.105 e. The molecule has 0 radical (unpaired) electrons. The van der Waals surface area contributed by atoms with E-state index in [-0.39, 0.29) is 6.04 Å². The molecule has 118 valence electrons. The van der Waals surface area contributed by atoms with Gasteiger partial charge in [-0.1, -0.05) is 28.9 Å². The average Bonchev–Trinajstić information content (AvgIpc) is 2.36. The number of nitrogens with two attached hydrogens (primary N) is 1. The standard InChI is InChI=1S/C18H31N3/c1-8-16(10-15(7)14(6)9-12(2)3)17(11-19)18(20)21-13(4)5/h8-9,11,13,19,21H,10,20H2,1-7H3/b15-14+,16-8-,18-17+,19-11?. The van der Waals surface area contributed by atoms with Crippen LogP contribution in [0.3, 0.4) is 0 Å². The van der Waals surface area contributed by atoms with E-state index in [1.165, 1.54) is 22.9 Å². The lowest BCUT2D eigenvalue weighted by Crippen LogP contribution is -2.29. The van der Waals surface area contributed by atoms with Crippen LogP contribution in [0.2, 0.25) is 0 Å². The normalized spacial score (nSPS) is 14.4. The zero-order chi connectivity index (χ0) is 16.6. The van der Waals surface area contributed by atoms with E-state index >= 15 is 0 Å². The Hall–Kier alpha value is -1.77. The lowest BCUT2D eigenvalue weighted by molar-refractivity contribution is 0.660. The highest BCUT2D eigenvalue weighted by Gasteiger charge is 2.09. The fourth-order valence-electron chi connectivity index (χ4n) is 2.07. The first-order valence-corrected chi connectivity index (χ1v) is 7.46. The molecule has 0 aliphatic heterocycles. The third kappa shape index (κ3) is 6.98. The van der Waals surface area contributed by atoms with Gasteiger partial charge in [0.05, 0.1) is 0 Å². The van der Waals surface area contributed by atoms with E-state index in [4.69, 9.17) is 11.1 Å². The van der Waals surface area contributed by atoms with E-state index in [0.29, 0.717) is 5.82 Å². The van der Waals surface area contributed by atoms with Gasteiger partial charge in [-0.05, 0) is 60.5 Å². The predicted octanol–water partition coefficient (Wildman–Crippen LogP) is 4.44. The van der Waals surface area contributed by atoms with Gasteiger partial charge in [-0.25, -0.2) is 0 Å². The molecule has 4 N–H and O–H groups in total. The van der Waals surface area contributed by atoms with Crippen LogP contribution in [0.15, 0.2) is 45.8 Å². The van der Waals surface area contributed by atoms with Gasteiger partial charge in [0.1, 0.15) is 5.82 Å². The van der Waals surface area contributed by atoms with Crippen molar-refractivity contribution in [3.63, 3.8) is 0 Å². The highest BCUT2D eigenvalue weighted by Crippen LogP contribution is 2.22. The minimum Gasteiger partial charge on any atom is -0.385 e. The van der Waals surface area contributed by atoms with Gasteiger partial charge in [-0.15, -0.1) is 0 Å². The molecule has 0 heterocycles. The Morgan fingerprint density at radius 3 is 2.14 bits per heavy atom. The van der Waals surface area contributed by atoms with Crippen molar-refractivity contribution >= 4 is 6.21 Å². The molecule has 0 atom stereocenters. The maximum absolute atomic E-state index is 7.66. The molecule has 3 heteroatoms. The third-order valence-corrected chi connectivity index (χ3v) is 3.21. The summed E-state index contributed by atoms with van der Waals surface area (Å²) in [5.41, 5.74) is 11.8. The summed E-state index contributed by atoms with van der Waals surface area (Å²) in [7, 11) is 0. The summed E-state index contributed by atoms with van der Waals surface area (Å²) >= 11 is 0. The van der Waals surface area contributed by atoms with Crippen LogP contribution >= 0.6 is 0 Å². The summed E-state index contributed by atoms with van der Waals surface area (Å²) in [5.74, 6) is 0.570. The van der Waals surface area contributed by atoms with E-state index in [1.807, 2.05) is 26.8 Å². The summed E-state index contributed by atoms with van der Waals surface area (Å²) in [5, 5.41) is 10.8. The van der Waals surface area contributed by atoms with Crippen molar-refractivity contribution in [2.75, 3.05) is 0 Å². The number of allylic oxidation sites excluding steroid dienone is 7. The first-order chi connectivity index (χ1) is 9.72. The molecular weight excluding hydrogens is 258 g/mol. The van der Waals surface area contributed by atoms with Gasteiger partial charge in [0.15, 0.2) is 0 Å². The van der Waals surface area contributed by atoms with Crippen molar-refractivity contribution in [1.82, 2.24) is 5.32 Å². The van der Waals surface area contributed by atoms with Crippen LogP contribution < -0.4 is 11.1 Å². The molecule has 0 amide bonds. The molecule has 0 aromatic heterocycles. The highest BCUT2D eigenvalue weighted by molar-refractivity contribution is 5.83. The molecular formula is C18H31N3. The Morgan fingerprint density at radius 2 is 1.76 bits per heavy atom. The van der Waals surface area contributed by atoms with Gasteiger partial charge in [0.2, 0.25) is 0 Å². The largest absolute Gasteiger partial charge is 0.385 e. The van der Waals surface area contributed by atoms with Gasteiger partial charge in [0, 0.05) is 17.8 Å². The van der Waals surface area contributed by atoms with Crippen molar-refractivity contribution in [1.29, 1.82) is 5.41 Å². The zero-order valence-electron chi connectivity index (χ0n) is 14.6. The SMILES string of the molecule is C/C=C(C/C(C)=C(\C)C=C(C)C)\C(C=N)=C(/N)NC(C)C. The molecule has 0 fully saturated rings. The van der Waals surface area contributed by atoms with Gasteiger partial charge < -0.3 is 16.5 Å². The second-order valence-electron chi connectivity index (χ2n) is 5.95. The second-order valence-corrected chi connectivity index (χ2v) is 5.95. The molecule has 0 aromatic carbocycles. The monoisotopic (exact) mass is 289 g/mol. The Bertz CT molecular complexity index is 485. The van der Waals surface area contributed by atoms with Crippen molar-refractivity contribution in [2.24, 2.45) is 5.73 Å². The average molecular weight is 289 g/mol. The molecule has 0 aromatic rings. The minimum absolute atomic E-state index is 0.252. The molecule has 0 rings (SSSR count). The number of hydrogen-bond donors (Lipinski definition) is 3. The van der Waals surface area contributed by atoms with E-state index in [1.54, 1.807) is 0 Å². The lowest BCUT2D eigenvalue weighted by atomic mass is 9.95. The lowest BCUT2D eigenvalue weighted by Gasteiger charge is -2.16. The van der Waals surface area contributed by atoms with Crippen LogP contribution in [0.4, 0.5) is 0 Å². The van der Waals surface area contributed by atoms with E-state index in [0.717, 1.165) is 17.6 Å². The van der Waals surface area contributed by atoms with Gasteiger partial charge in [0.25, 0.3) is 0 Å². The smallest absolute Gasteiger partial charge is 0.105 e. The topological polar surface area (TPSA) is 61.9 Å². The molecule has 0 saturated heterocycles. The van der Waals surface area contributed by atoms with Crippen LogP contribution in [0.25, 0.3) is 0 Å². The summed E-state index contributed by atoms with van der Waals surface area (Å²) in [6, 6.07) is 0.252. The Kier molecular flexibility index (Phi) is 8.44. The van der Waals surface area contributed by atoms with Crippen LogP contribution in [0.1, 0.15) is 54.9 Å². The molecule has 0 unspecified atom stereocenters. The zero-order valence-corrected chi connectivity index (χ0v) is 14.6. The van der Waals surface area contributed by atoms with Crippen LogP contribution in [-0.4, -0.2) is 12.3 Å². The van der Waals surface area contributed by atoms with Crippen molar-refractivity contribution in [3.8, 4) is 0 Å². The van der Waals surface area contributed by atoms with E-state index < -0.39 is 0 Å². The van der Waals surface area contributed by atoms with Crippen molar-refractivity contribution < 1.29 is 0 Å². The summed E-state index contributed by atoms with van der Waals surface area (Å²) in [6.45, 7) is 14.5. The second kappa shape index (κ2) is 9.22. The van der Waals surface area contributed by atoms with E-state index in [9.17, 15) is 0 Å². The Labute approximate surface area is 130 Å². The fourth-order valence-corrected chi connectivity index (χ4v) is 2.07. The molecule has 0 aliphatic rings. The summed E-state index contributed by atoms with van der Waals surface area (Å²) < 4.78 is 0. The molecule has 0 bridgehead atoms. The van der Waals surface area contributed by atoms with Crippen molar-refractivity contribution in [3.05, 3.63) is 45.8 Å². The van der Waals surface area contributed by atoms with E-state index in [2.05, 4.69) is 39.1 Å². The van der Waals surface area contributed by atoms with Crippen LogP contribution in [-0.2, 0) is 0 Å². The summed E-state index contributed by atoms with van der Waals surface area (Å²) in [4.78, 5) is 0. The quantitative estimate of drug-likeness (QED) is 0.479. The number of hydrogen-bond acceptors (Lipinski definition) is 3. The first kappa shape index (κ1) is 19.2. The minimum atomic E-state index is 0.252. The van der Waals surface area contributed by atoms with Gasteiger partial charge >= 0.3 is 0 Å². The molecule has 0 aliphatic carbocycles. The van der Waals surface area contributed by atoms with Crippen LogP contribution in [0, 0.1) is 5.41 Å². The third-order valence-electron chi connectivity index (χ3n) is 3.21. The van der Waals surface area contributed by atoms with Crippen LogP contribution in [0.5, 0.6) is 0 Å². The maximum atomic E-state index is 7.66. The highest BCUT2D eigenvalue weighted by atomic mass is 15.0. The number of nitrogens with one attached hydrogen (secondary N) is 2. The molecule has 3 nitrogen and oxygen atoms in total. The molecule has 0 saturated carbocycles. The van der Waals surface area contributed by atoms with Gasteiger partial charge in [-0.3, -0.25) is 0 Å². The Morgan fingerprint density at radius 1 is 1.19 bits per heavy atom. The molecule has 0 spiro atoms. The summed E-state index contributed by atoms with van der Waals surface area (Å²) in [6.07, 6.45) is 6.36. The van der Waals surface area contributed by atoms with Crippen molar-refractivity contribution in [2.45, 2.75) is 60.9 Å². The molecule has 21 heavy (non-hydrogen) atoms. The Balaban J connectivity index is 5.45. The number of rotatable bonds is 7.